The maximum absolute atomic E-state index is 12.7. The summed E-state index contributed by atoms with van der Waals surface area (Å²) >= 11 is 1.41. The molecule has 1 aromatic heterocycles. The molecule has 2 aromatic rings. The lowest BCUT2D eigenvalue weighted by molar-refractivity contribution is 0.0954. The highest BCUT2D eigenvalue weighted by molar-refractivity contribution is 7.13. The van der Waals surface area contributed by atoms with Crippen LogP contribution in [0.5, 0.6) is 0 Å². The first kappa shape index (κ1) is 18.9. The molecule has 6 heteroatoms. The molecule has 1 saturated heterocycles. The SMILES string of the molecule is COC(C)c1nc(C)c(C(=O)NCc2ccccc2N2CCCCC2)s1. The number of aryl methyl sites for hydroxylation is 1. The molecule has 1 N–H and O–H groups in total. The van der Waals surface area contributed by atoms with Crippen LogP contribution in [0.15, 0.2) is 24.3 Å². The number of carbonyl (C=O) groups excluding carboxylic acids is 1. The van der Waals surface area contributed by atoms with Crippen LogP contribution in [0.25, 0.3) is 0 Å². The molecule has 1 fully saturated rings. The summed E-state index contributed by atoms with van der Waals surface area (Å²) in [6.45, 7) is 6.53. The Morgan fingerprint density at radius 1 is 1.31 bits per heavy atom. The van der Waals surface area contributed by atoms with E-state index in [4.69, 9.17) is 4.74 Å². The Hall–Kier alpha value is -1.92. The summed E-state index contributed by atoms with van der Waals surface area (Å²) in [5, 5.41) is 3.91. The number of thiazole rings is 1. The molecule has 5 nitrogen and oxygen atoms in total. The number of benzene rings is 1. The van der Waals surface area contributed by atoms with Gasteiger partial charge in [-0.25, -0.2) is 4.98 Å². The molecule has 26 heavy (non-hydrogen) atoms. The number of aromatic nitrogens is 1. The normalized spacial score (nSPS) is 15.7. The van der Waals surface area contributed by atoms with Gasteiger partial charge in [-0.15, -0.1) is 11.3 Å². The molecule has 0 bridgehead atoms. The molecule has 2 heterocycles. The van der Waals surface area contributed by atoms with E-state index in [0.29, 0.717) is 11.4 Å². The summed E-state index contributed by atoms with van der Waals surface area (Å²) in [5.74, 6) is -0.0667. The van der Waals surface area contributed by atoms with Crippen LogP contribution in [0.3, 0.4) is 0 Å². The minimum Gasteiger partial charge on any atom is -0.375 e. The Kier molecular flexibility index (Phi) is 6.27. The first-order valence-corrected chi connectivity index (χ1v) is 10.0. The number of methoxy groups -OCH3 is 1. The van der Waals surface area contributed by atoms with Gasteiger partial charge in [0.2, 0.25) is 0 Å². The fourth-order valence-electron chi connectivity index (χ4n) is 3.26. The zero-order valence-electron chi connectivity index (χ0n) is 15.7. The van der Waals surface area contributed by atoms with Crippen LogP contribution in [0.1, 0.15) is 58.2 Å². The first-order valence-electron chi connectivity index (χ1n) is 9.21. The molecule has 1 amide bonds. The topological polar surface area (TPSA) is 54.5 Å². The molecule has 1 aliphatic heterocycles. The van der Waals surface area contributed by atoms with Crippen molar-refractivity contribution in [2.75, 3.05) is 25.1 Å². The maximum atomic E-state index is 12.7. The number of hydrogen-bond donors (Lipinski definition) is 1. The number of para-hydroxylation sites is 1. The van der Waals surface area contributed by atoms with E-state index >= 15 is 0 Å². The van der Waals surface area contributed by atoms with Crippen LogP contribution >= 0.6 is 11.3 Å². The van der Waals surface area contributed by atoms with Gasteiger partial charge in [-0.1, -0.05) is 18.2 Å². The molecule has 1 unspecified atom stereocenters. The molecule has 0 radical (unpaired) electrons. The summed E-state index contributed by atoms with van der Waals surface area (Å²) < 4.78 is 5.31. The van der Waals surface area contributed by atoms with E-state index in [2.05, 4.69) is 33.4 Å². The Morgan fingerprint density at radius 3 is 2.77 bits per heavy atom. The third kappa shape index (κ3) is 4.24. The van der Waals surface area contributed by atoms with Crippen LogP contribution in [0.4, 0.5) is 5.69 Å². The van der Waals surface area contributed by atoms with Crippen molar-refractivity contribution < 1.29 is 9.53 Å². The number of nitrogens with one attached hydrogen (secondary N) is 1. The summed E-state index contributed by atoms with van der Waals surface area (Å²) in [6, 6.07) is 8.36. The van der Waals surface area contributed by atoms with Gasteiger partial charge in [0.15, 0.2) is 0 Å². The number of ether oxygens (including phenoxy) is 1. The summed E-state index contributed by atoms with van der Waals surface area (Å²) in [4.78, 5) is 20.2. The van der Waals surface area contributed by atoms with E-state index in [1.54, 1.807) is 7.11 Å². The van der Waals surface area contributed by atoms with Gasteiger partial charge in [0.1, 0.15) is 16.0 Å². The van der Waals surface area contributed by atoms with E-state index in [9.17, 15) is 4.79 Å². The highest BCUT2D eigenvalue weighted by Gasteiger charge is 2.19. The molecule has 140 valence electrons. The molecule has 1 aromatic carbocycles. The molecular weight excluding hydrogens is 346 g/mol. The fourth-order valence-corrected chi connectivity index (χ4v) is 4.27. The van der Waals surface area contributed by atoms with Gasteiger partial charge >= 0.3 is 0 Å². The number of amides is 1. The second-order valence-electron chi connectivity index (χ2n) is 6.70. The van der Waals surface area contributed by atoms with E-state index < -0.39 is 0 Å². The van der Waals surface area contributed by atoms with E-state index in [1.807, 2.05) is 19.9 Å². The van der Waals surface area contributed by atoms with Crippen molar-refractivity contribution in [2.24, 2.45) is 0 Å². The van der Waals surface area contributed by atoms with Crippen LogP contribution in [0, 0.1) is 6.92 Å². The lowest BCUT2D eigenvalue weighted by atomic mass is 10.1. The highest BCUT2D eigenvalue weighted by atomic mass is 32.1. The van der Waals surface area contributed by atoms with Gasteiger partial charge in [-0.05, 0) is 44.7 Å². The predicted molar refractivity (Wildman–Crippen MR) is 106 cm³/mol. The Morgan fingerprint density at radius 2 is 2.04 bits per heavy atom. The second-order valence-corrected chi connectivity index (χ2v) is 7.73. The summed E-state index contributed by atoms with van der Waals surface area (Å²) in [7, 11) is 1.65. The average molecular weight is 374 g/mol. The smallest absolute Gasteiger partial charge is 0.263 e. The van der Waals surface area contributed by atoms with Gasteiger partial charge in [-0.2, -0.15) is 0 Å². The first-order chi connectivity index (χ1) is 12.6. The lowest BCUT2D eigenvalue weighted by Crippen LogP contribution is -2.31. The van der Waals surface area contributed by atoms with E-state index in [-0.39, 0.29) is 12.0 Å². The Balaban J connectivity index is 1.69. The number of nitrogens with zero attached hydrogens (tertiary/aromatic N) is 2. The number of rotatable bonds is 6. The highest BCUT2D eigenvalue weighted by Crippen LogP contribution is 2.26. The summed E-state index contributed by atoms with van der Waals surface area (Å²) in [5.41, 5.74) is 3.16. The van der Waals surface area contributed by atoms with Gasteiger partial charge in [0.25, 0.3) is 5.91 Å². The van der Waals surface area contributed by atoms with Crippen molar-refractivity contribution in [1.82, 2.24) is 10.3 Å². The largest absolute Gasteiger partial charge is 0.375 e. The molecule has 3 rings (SSSR count). The van der Waals surface area contributed by atoms with Crippen molar-refractivity contribution in [1.29, 1.82) is 0 Å². The molecular formula is C20H27N3O2S. The number of carbonyl (C=O) groups is 1. The third-order valence-electron chi connectivity index (χ3n) is 4.85. The van der Waals surface area contributed by atoms with Crippen LogP contribution < -0.4 is 10.2 Å². The molecule has 1 atom stereocenters. The van der Waals surface area contributed by atoms with Gasteiger partial charge < -0.3 is 15.0 Å². The maximum Gasteiger partial charge on any atom is 0.263 e. The third-order valence-corrected chi connectivity index (χ3v) is 6.17. The van der Waals surface area contributed by atoms with Crippen LogP contribution in [-0.4, -0.2) is 31.1 Å². The Labute approximate surface area is 159 Å². The van der Waals surface area contributed by atoms with Crippen molar-refractivity contribution in [2.45, 2.75) is 45.8 Å². The average Bonchev–Trinajstić information content (AvgIpc) is 3.08. The number of hydrogen-bond acceptors (Lipinski definition) is 5. The number of anilines is 1. The van der Waals surface area contributed by atoms with Gasteiger partial charge in [0.05, 0.1) is 5.69 Å². The monoisotopic (exact) mass is 373 g/mol. The van der Waals surface area contributed by atoms with Crippen LogP contribution in [-0.2, 0) is 11.3 Å². The van der Waals surface area contributed by atoms with Gasteiger partial charge in [0, 0.05) is 32.4 Å². The fraction of sp³-hybridized carbons (Fsp3) is 0.500. The molecule has 0 aliphatic carbocycles. The minimum atomic E-state index is -0.0972. The van der Waals surface area contributed by atoms with Crippen molar-refractivity contribution in [3.05, 3.63) is 45.4 Å². The molecule has 0 spiro atoms. The predicted octanol–water partition coefficient (Wildman–Crippen LogP) is 4.08. The molecule has 0 saturated carbocycles. The zero-order valence-corrected chi connectivity index (χ0v) is 16.6. The Bertz CT molecular complexity index is 753. The zero-order chi connectivity index (χ0) is 18.5. The minimum absolute atomic E-state index is 0.0667. The standard InChI is InChI=1S/C20H27N3O2S/c1-14-18(26-20(22-14)15(2)25-3)19(24)21-13-16-9-5-6-10-17(16)23-11-7-4-8-12-23/h5-6,9-10,15H,4,7-8,11-13H2,1-3H3,(H,21,24). The quantitative estimate of drug-likeness (QED) is 0.829. The van der Waals surface area contributed by atoms with Gasteiger partial charge in [-0.3, -0.25) is 4.79 Å². The summed E-state index contributed by atoms with van der Waals surface area (Å²) in [6.07, 6.45) is 3.69. The van der Waals surface area contributed by atoms with E-state index in [0.717, 1.165) is 29.4 Å². The van der Waals surface area contributed by atoms with Crippen molar-refractivity contribution in [3.63, 3.8) is 0 Å². The second kappa shape index (κ2) is 8.64. The van der Waals surface area contributed by atoms with Crippen LogP contribution in [0.2, 0.25) is 0 Å². The van der Waals surface area contributed by atoms with E-state index in [1.165, 1.54) is 36.3 Å². The van der Waals surface area contributed by atoms with Crippen molar-refractivity contribution >= 4 is 22.9 Å². The lowest BCUT2D eigenvalue weighted by Gasteiger charge is -2.30. The van der Waals surface area contributed by atoms with Crippen molar-refractivity contribution in [3.8, 4) is 0 Å². The molecule has 1 aliphatic rings. The number of piperidine rings is 1.